The van der Waals surface area contributed by atoms with E-state index < -0.39 is 0 Å². The second-order valence-electron chi connectivity index (χ2n) is 6.10. The van der Waals surface area contributed by atoms with E-state index in [4.69, 9.17) is 0 Å². The normalized spacial score (nSPS) is 12.7. The number of fused-ring (bicyclic) bond motifs is 1. The zero-order chi connectivity index (χ0) is 17.9. The number of amides is 2. The predicted octanol–water partition coefficient (Wildman–Crippen LogP) is 3.53. The van der Waals surface area contributed by atoms with Crippen LogP contribution in [0.5, 0.6) is 0 Å². The Morgan fingerprint density at radius 2 is 2.12 bits per heavy atom. The van der Waals surface area contributed by atoms with Gasteiger partial charge in [-0.1, -0.05) is 6.07 Å². The number of nitrogens with one attached hydrogen (secondary N) is 1. The largest absolute Gasteiger partial charge is 0.326 e. The van der Waals surface area contributed by atoms with Crippen molar-refractivity contribution in [2.24, 2.45) is 0 Å². The summed E-state index contributed by atoms with van der Waals surface area (Å²) in [5.74, 6) is -0.0833. The van der Waals surface area contributed by atoms with E-state index >= 15 is 0 Å². The van der Waals surface area contributed by atoms with Crippen LogP contribution in [0.15, 0.2) is 60.2 Å². The molecule has 0 atom stereocenters. The summed E-state index contributed by atoms with van der Waals surface area (Å²) >= 11 is 1.57. The summed E-state index contributed by atoms with van der Waals surface area (Å²) in [6.45, 7) is 0.635. The van der Waals surface area contributed by atoms with Crippen LogP contribution < -0.4 is 10.2 Å². The van der Waals surface area contributed by atoms with Crippen molar-refractivity contribution in [1.29, 1.82) is 0 Å². The van der Waals surface area contributed by atoms with Gasteiger partial charge in [-0.3, -0.25) is 14.6 Å². The maximum absolute atomic E-state index is 12.7. The molecular weight excluding hydrogens is 346 g/mol. The summed E-state index contributed by atoms with van der Waals surface area (Å²) in [7, 11) is 0. The lowest BCUT2D eigenvalue weighted by molar-refractivity contribution is -0.115. The monoisotopic (exact) mass is 363 g/mol. The number of aromatic nitrogens is 1. The van der Waals surface area contributed by atoms with Gasteiger partial charge in [-0.05, 0) is 53.8 Å². The van der Waals surface area contributed by atoms with E-state index in [0.29, 0.717) is 18.5 Å². The number of anilines is 2. The van der Waals surface area contributed by atoms with Crippen LogP contribution in [0.2, 0.25) is 0 Å². The van der Waals surface area contributed by atoms with Gasteiger partial charge < -0.3 is 10.2 Å². The number of rotatable bonds is 4. The van der Waals surface area contributed by atoms with Crippen molar-refractivity contribution < 1.29 is 9.59 Å². The molecule has 5 nitrogen and oxygen atoms in total. The third-order valence-electron chi connectivity index (χ3n) is 4.33. The first-order chi connectivity index (χ1) is 12.7. The molecule has 1 aromatic carbocycles. The van der Waals surface area contributed by atoms with E-state index in [1.807, 2.05) is 35.7 Å². The van der Waals surface area contributed by atoms with Gasteiger partial charge >= 0.3 is 0 Å². The van der Waals surface area contributed by atoms with E-state index in [1.165, 1.54) is 0 Å². The van der Waals surface area contributed by atoms with Gasteiger partial charge in [-0.2, -0.15) is 0 Å². The molecule has 0 fully saturated rings. The highest BCUT2D eigenvalue weighted by molar-refractivity contribution is 7.10. The van der Waals surface area contributed by atoms with E-state index in [1.54, 1.807) is 40.8 Å². The van der Waals surface area contributed by atoms with Crippen LogP contribution in [0.3, 0.4) is 0 Å². The summed E-state index contributed by atoms with van der Waals surface area (Å²) in [5, 5.41) is 4.90. The summed E-state index contributed by atoms with van der Waals surface area (Å²) in [6, 6.07) is 13.1. The van der Waals surface area contributed by atoms with Gasteiger partial charge in [-0.15, -0.1) is 11.3 Å². The van der Waals surface area contributed by atoms with Crippen molar-refractivity contribution >= 4 is 34.5 Å². The fourth-order valence-electron chi connectivity index (χ4n) is 3.11. The Balaban J connectivity index is 1.48. The summed E-state index contributed by atoms with van der Waals surface area (Å²) in [5.41, 5.74) is 3.31. The average Bonchev–Trinajstić information content (AvgIpc) is 3.31. The van der Waals surface area contributed by atoms with Gasteiger partial charge in [0.1, 0.15) is 0 Å². The number of carbonyl (C=O) groups excluding carboxylic acids is 2. The molecule has 1 aliphatic heterocycles. The molecule has 6 heteroatoms. The molecule has 0 bridgehead atoms. The molecule has 1 aliphatic rings. The van der Waals surface area contributed by atoms with Crippen LogP contribution in [0.1, 0.15) is 20.8 Å². The van der Waals surface area contributed by atoms with E-state index in [0.717, 1.165) is 28.2 Å². The zero-order valence-electron chi connectivity index (χ0n) is 14.0. The van der Waals surface area contributed by atoms with Gasteiger partial charge in [0.05, 0.1) is 12.0 Å². The summed E-state index contributed by atoms with van der Waals surface area (Å²) in [6.07, 6.45) is 4.38. The lowest BCUT2D eigenvalue weighted by Crippen LogP contribution is -2.28. The first-order valence-electron chi connectivity index (χ1n) is 8.38. The first-order valence-corrected chi connectivity index (χ1v) is 9.26. The minimum Gasteiger partial charge on any atom is -0.326 e. The maximum Gasteiger partial charge on any atom is 0.259 e. The fraction of sp³-hybridized carbons (Fsp3) is 0.150. The Morgan fingerprint density at radius 1 is 1.19 bits per heavy atom. The summed E-state index contributed by atoms with van der Waals surface area (Å²) < 4.78 is 0. The Kier molecular flexibility index (Phi) is 4.50. The quantitative estimate of drug-likeness (QED) is 0.771. The second-order valence-corrected chi connectivity index (χ2v) is 7.13. The molecule has 0 aliphatic carbocycles. The van der Waals surface area contributed by atoms with Crippen molar-refractivity contribution in [2.45, 2.75) is 12.8 Å². The van der Waals surface area contributed by atoms with Crippen LogP contribution >= 0.6 is 11.3 Å². The minimum absolute atomic E-state index is 0.0336. The molecular formula is C20H17N3O2S. The molecule has 1 N–H and O–H groups in total. The Bertz CT molecular complexity index is 939. The van der Waals surface area contributed by atoms with Crippen molar-refractivity contribution in [2.75, 3.05) is 16.8 Å². The first kappa shape index (κ1) is 16.5. The fourth-order valence-corrected chi connectivity index (χ4v) is 3.82. The molecule has 3 aromatic rings. The zero-order valence-corrected chi connectivity index (χ0v) is 14.8. The maximum atomic E-state index is 12.7. The molecule has 26 heavy (non-hydrogen) atoms. The van der Waals surface area contributed by atoms with Gasteiger partial charge in [0.15, 0.2) is 0 Å². The Hall–Kier alpha value is -2.99. The number of pyridine rings is 1. The Labute approximate surface area is 155 Å². The number of hydrogen-bond donors (Lipinski definition) is 1. The molecule has 130 valence electrons. The third kappa shape index (κ3) is 3.36. The van der Waals surface area contributed by atoms with E-state index in [2.05, 4.69) is 10.3 Å². The van der Waals surface area contributed by atoms with E-state index in [-0.39, 0.29) is 11.8 Å². The highest BCUT2D eigenvalue weighted by atomic mass is 32.1. The standard InChI is InChI=1S/C20H17N3O2S/c24-19(12-17-4-2-10-26-17)22-16-5-6-18-14(11-16)7-9-23(18)20(25)15-3-1-8-21-13-15/h1-6,8,10-11,13H,7,9,12H2,(H,22,24). The number of benzene rings is 1. The smallest absolute Gasteiger partial charge is 0.259 e. The van der Waals surface area contributed by atoms with Crippen LogP contribution in [0.4, 0.5) is 11.4 Å². The molecule has 0 unspecified atom stereocenters. The molecule has 4 rings (SSSR count). The molecule has 3 heterocycles. The number of hydrogen-bond acceptors (Lipinski definition) is 4. The Morgan fingerprint density at radius 3 is 2.88 bits per heavy atom. The van der Waals surface area contributed by atoms with Gasteiger partial charge in [0, 0.05) is 35.2 Å². The average molecular weight is 363 g/mol. The van der Waals surface area contributed by atoms with Crippen molar-refractivity contribution in [3.05, 3.63) is 76.2 Å². The highest BCUT2D eigenvalue weighted by Gasteiger charge is 2.26. The van der Waals surface area contributed by atoms with E-state index in [9.17, 15) is 9.59 Å². The van der Waals surface area contributed by atoms with Crippen LogP contribution in [-0.4, -0.2) is 23.3 Å². The third-order valence-corrected chi connectivity index (χ3v) is 5.20. The minimum atomic E-state index is -0.0497. The van der Waals surface area contributed by atoms with Crippen molar-refractivity contribution in [1.82, 2.24) is 4.98 Å². The topological polar surface area (TPSA) is 62.3 Å². The number of nitrogens with zero attached hydrogens (tertiary/aromatic N) is 2. The molecule has 2 amide bonds. The summed E-state index contributed by atoms with van der Waals surface area (Å²) in [4.78, 5) is 31.7. The van der Waals surface area contributed by atoms with Crippen molar-refractivity contribution in [3.63, 3.8) is 0 Å². The highest BCUT2D eigenvalue weighted by Crippen LogP contribution is 2.31. The van der Waals surface area contributed by atoms with Crippen LogP contribution in [0, 0.1) is 0 Å². The molecule has 0 spiro atoms. The molecule has 0 saturated heterocycles. The predicted molar refractivity (Wildman–Crippen MR) is 103 cm³/mol. The molecule has 0 radical (unpaired) electrons. The number of carbonyl (C=O) groups is 2. The number of thiophene rings is 1. The lowest BCUT2D eigenvalue weighted by atomic mass is 10.1. The second kappa shape index (κ2) is 7.09. The van der Waals surface area contributed by atoms with Crippen molar-refractivity contribution in [3.8, 4) is 0 Å². The van der Waals surface area contributed by atoms with Gasteiger partial charge in [0.2, 0.25) is 5.91 Å². The van der Waals surface area contributed by atoms with Crippen LogP contribution in [0.25, 0.3) is 0 Å². The molecule has 0 saturated carbocycles. The SMILES string of the molecule is O=C(Cc1cccs1)Nc1ccc2c(c1)CCN2C(=O)c1cccnc1. The lowest BCUT2D eigenvalue weighted by Gasteiger charge is -2.17. The van der Waals surface area contributed by atoms with Gasteiger partial charge in [0.25, 0.3) is 5.91 Å². The molecule has 2 aromatic heterocycles. The van der Waals surface area contributed by atoms with Gasteiger partial charge in [-0.25, -0.2) is 0 Å². The van der Waals surface area contributed by atoms with Crippen LogP contribution in [-0.2, 0) is 17.6 Å².